The first-order valence-electron chi connectivity index (χ1n) is 12.6. The summed E-state index contributed by atoms with van der Waals surface area (Å²) in [6, 6.07) is 0. The Morgan fingerprint density at radius 3 is 2.48 bits per heavy atom. The quantitative estimate of drug-likeness (QED) is 0.406. The van der Waals surface area contributed by atoms with Gasteiger partial charge in [-0.25, -0.2) is 0 Å². The predicted octanol–water partition coefficient (Wildman–Crippen LogP) is 5.17. The molecule has 3 saturated carbocycles. The van der Waals surface area contributed by atoms with E-state index < -0.39 is 21.4 Å². The van der Waals surface area contributed by atoms with Gasteiger partial charge in [0.05, 0.1) is 10.4 Å². The number of esters is 1. The van der Waals surface area contributed by atoms with Crippen LogP contribution in [0.4, 0.5) is 0 Å². The van der Waals surface area contributed by atoms with Gasteiger partial charge in [0.2, 0.25) is 0 Å². The molecule has 0 radical (unpaired) electrons. The van der Waals surface area contributed by atoms with E-state index in [0.29, 0.717) is 25.7 Å². The molecule has 33 heavy (non-hydrogen) atoms. The number of aliphatic hydroxyl groups is 1. The van der Waals surface area contributed by atoms with Crippen molar-refractivity contribution >= 4 is 33.5 Å². The van der Waals surface area contributed by atoms with Crippen molar-refractivity contribution in [2.45, 2.75) is 103 Å². The van der Waals surface area contributed by atoms with E-state index in [2.05, 4.69) is 36.7 Å². The molecular formula is C27H39BrO5. The Morgan fingerprint density at radius 2 is 1.88 bits per heavy atom. The second-order valence-corrected chi connectivity index (χ2v) is 13.1. The molecule has 0 aromatic heterocycles. The van der Waals surface area contributed by atoms with E-state index in [9.17, 15) is 19.5 Å². The fraction of sp³-hybridized carbons (Fsp3) is 0.815. The minimum absolute atomic E-state index is 0.102. The lowest BCUT2D eigenvalue weighted by atomic mass is 9.43. The number of hydrogen-bond acceptors (Lipinski definition) is 5. The summed E-state index contributed by atoms with van der Waals surface area (Å²) in [5.41, 5.74) is -1.06. The molecule has 0 heterocycles. The van der Waals surface area contributed by atoms with Crippen molar-refractivity contribution in [3.8, 4) is 0 Å². The van der Waals surface area contributed by atoms with Crippen LogP contribution in [0, 0.1) is 34.5 Å². The smallest absolute Gasteiger partial charge is 0.306 e. The van der Waals surface area contributed by atoms with Gasteiger partial charge in [-0.3, -0.25) is 14.4 Å². The summed E-state index contributed by atoms with van der Waals surface area (Å²) < 4.78 is 5.57. The lowest BCUT2D eigenvalue weighted by molar-refractivity contribution is -0.201. The minimum atomic E-state index is -1.22. The second kappa shape index (κ2) is 8.01. The number of hydrogen-bond donors (Lipinski definition) is 1. The maximum Gasteiger partial charge on any atom is 0.306 e. The number of Topliss-reactive ketones (excluding diaryl/α,β-unsaturated/α-hetero) is 1. The van der Waals surface area contributed by atoms with Crippen molar-refractivity contribution in [1.82, 2.24) is 0 Å². The molecule has 0 bridgehead atoms. The number of halogens is 1. The van der Waals surface area contributed by atoms with Gasteiger partial charge in [-0.2, -0.15) is 0 Å². The highest BCUT2D eigenvalue weighted by Gasteiger charge is 2.76. The van der Waals surface area contributed by atoms with Crippen LogP contribution in [0.1, 0.15) is 86.5 Å². The zero-order valence-corrected chi connectivity index (χ0v) is 22.5. The van der Waals surface area contributed by atoms with Gasteiger partial charge in [0.1, 0.15) is 0 Å². The largest absolute Gasteiger partial charge is 0.450 e. The molecule has 184 valence electrons. The fourth-order valence-electron chi connectivity index (χ4n) is 8.76. The van der Waals surface area contributed by atoms with Gasteiger partial charge in [-0.15, -0.1) is 0 Å². The van der Waals surface area contributed by atoms with Crippen molar-refractivity contribution in [2.75, 3.05) is 0 Å². The lowest BCUT2D eigenvalue weighted by Crippen LogP contribution is -2.70. The Hall–Kier alpha value is -1.01. The van der Waals surface area contributed by atoms with Crippen molar-refractivity contribution in [2.24, 2.45) is 34.5 Å². The number of ketones is 2. The van der Waals surface area contributed by atoms with Crippen LogP contribution in [0.2, 0.25) is 0 Å². The average Bonchev–Trinajstić information content (AvgIpc) is 2.94. The third-order valence-corrected chi connectivity index (χ3v) is 12.1. The number of fused-ring (bicyclic) bond motifs is 5. The van der Waals surface area contributed by atoms with Crippen LogP contribution in [0.15, 0.2) is 11.6 Å². The van der Waals surface area contributed by atoms with Gasteiger partial charge in [0.25, 0.3) is 0 Å². The standard InChI is InChI=1S/C27H39BrO5/c1-7-8-23(32)33-27(17(4)29)16(3)12-20-21-11-15(2)19-13-18(30)9-10-24(19,5)26(21,28)22(31)14-25(20,27)6/h13,15-16,20-22,31H,7-12,14H2,1-6H3/t15-,16-,20-,21-,22-,24-,25-,26-,27-/m0/s1. The molecule has 0 unspecified atom stereocenters. The number of ether oxygens (including phenoxy) is 1. The molecular weight excluding hydrogens is 484 g/mol. The van der Waals surface area contributed by atoms with Crippen LogP contribution >= 0.6 is 15.9 Å². The maximum atomic E-state index is 13.3. The fourth-order valence-corrected chi connectivity index (χ4v) is 9.86. The van der Waals surface area contributed by atoms with Crippen LogP contribution < -0.4 is 0 Å². The van der Waals surface area contributed by atoms with Gasteiger partial charge in [-0.05, 0) is 62.9 Å². The first kappa shape index (κ1) is 25.1. The summed E-state index contributed by atoms with van der Waals surface area (Å²) in [7, 11) is 0. The Labute approximate surface area is 206 Å². The maximum absolute atomic E-state index is 13.3. The van der Waals surface area contributed by atoms with E-state index in [1.807, 2.05) is 19.9 Å². The normalized spacial score (nSPS) is 48.9. The summed E-state index contributed by atoms with van der Waals surface area (Å²) in [5, 5.41) is 11.9. The van der Waals surface area contributed by atoms with Crippen LogP contribution in [-0.4, -0.2) is 38.7 Å². The van der Waals surface area contributed by atoms with Crippen LogP contribution in [0.5, 0.6) is 0 Å². The molecule has 4 aliphatic rings. The van der Waals surface area contributed by atoms with E-state index in [1.54, 1.807) is 6.92 Å². The summed E-state index contributed by atoms with van der Waals surface area (Å²) in [6.45, 7) is 12.0. The highest BCUT2D eigenvalue weighted by Crippen LogP contribution is 2.73. The topological polar surface area (TPSA) is 80.7 Å². The van der Waals surface area contributed by atoms with E-state index in [0.717, 1.165) is 18.4 Å². The SMILES string of the molecule is CCCC(=O)O[C@]1(C(C)=O)[C@@H](C)C[C@H]2[C@@H]3C[C@H](C)C4=CC(=O)CC[C@]4(C)[C@@]3(Br)[C@@H](O)C[C@@]21C. The summed E-state index contributed by atoms with van der Waals surface area (Å²) in [5.74, 6) is 0.0453. The molecule has 0 aromatic rings. The Kier molecular flexibility index (Phi) is 6.09. The number of alkyl halides is 1. The zero-order chi connectivity index (χ0) is 24.6. The van der Waals surface area contributed by atoms with Crippen molar-refractivity contribution in [3.05, 3.63) is 11.6 Å². The van der Waals surface area contributed by atoms with Crippen LogP contribution in [0.3, 0.4) is 0 Å². The third kappa shape index (κ3) is 3.08. The molecule has 5 nitrogen and oxygen atoms in total. The van der Waals surface area contributed by atoms with Crippen molar-refractivity contribution in [1.29, 1.82) is 0 Å². The van der Waals surface area contributed by atoms with E-state index >= 15 is 0 Å². The monoisotopic (exact) mass is 522 g/mol. The first-order chi connectivity index (χ1) is 15.3. The number of carbonyl (C=O) groups is 3. The van der Waals surface area contributed by atoms with Gasteiger partial charge in [-0.1, -0.05) is 56.1 Å². The molecule has 1 N–H and O–H groups in total. The summed E-state index contributed by atoms with van der Waals surface area (Å²) >= 11 is 4.12. The summed E-state index contributed by atoms with van der Waals surface area (Å²) in [4.78, 5) is 38.3. The zero-order valence-electron chi connectivity index (χ0n) is 20.9. The molecule has 3 fully saturated rings. The Balaban J connectivity index is 1.84. The van der Waals surface area contributed by atoms with Crippen molar-refractivity contribution < 1.29 is 24.2 Å². The molecule has 0 aliphatic heterocycles. The first-order valence-corrected chi connectivity index (χ1v) is 13.4. The van der Waals surface area contributed by atoms with E-state index in [-0.39, 0.29) is 53.0 Å². The second-order valence-electron chi connectivity index (χ2n) is 11.8. The number of aliphatic hydroxyl groups excluding tert-OH is 1. The van der Waals surface area contributed by atoms with Crippen molar-refractivity contribution in [3.63, 3.8) is 0 Å². The lowest BCUT2D eigenvalue weighted by Gasteiger charge is -2.66. The van der Waals surface area contributed by atoms with Gasteiger partial charge < -0.3 is 9.84 Å². The van der Waals surface area contributed by atoms with E-state index in [1.165, 1.54) is 0 Å². The minimum Gasteiger partial charge on any atom is -0.450 e. The molecule has 4 aliphatic carbocycles. The number of allylic oxidation sites excluding steroid dienone is 1. The molecule has 0 aromatic carbocycles. The highest BCUT2D eigenvalue weighted by molar-refractivity contribution is 9.10. The Morgan fingerprint density at radius 1 is 1.21 bits per heavy atom. The molecule has 0 amide bonds. The molecule has 9 atom stereocenters. The van der Waals surface area contributed by atoms with Gasteiger partial charge >= 0.3 is 5.97 Å². The van der Waals surface area contributed by atoms with Gasteiger partial charge in [0.15, 0.2) is 17.2 Å². The Bertz CT molecular complexity index is 912. The molecule has 0 spiro atoms. The highest BCUT2D eigenvalue weighted by atomic mass is 79.9. The van der Waals surface area contributed by atoms with Crippen LogP contribution in [-0.2, 0) is 19.1 Å². The summed E-state index contributed by atoms with van der Waals surface area (Å²) in [6.07, 6.45) is 5.25. The van der Waals surface area contributed by atoms with Gasteiger partial charge in [0, 0.05) is 29.6 Å². The molecule has 4 rings (SSSR count). The third-order valence-electron chi connectivity index (χ3n) is 10.2. The molecule has 6 heteroatoms. The molecule has 0 saturated heterocycles. The average molecular weight is 524 g/mol. The predicted molar refractivity (Wildman–Crippen MR) is 130 cm³/mol. The van der Waals surface area contributed by atoms with Crippen LogP contribution in [0.25, 0.3) is 0 Å². The number of carbonyl (C=O) groups excluding carboxylic acids is 3. The van der Waals surface area contributed by atoms with E-state index in [4.69, 9.17) is 4.74 Å². The number of rotatable bonds is 4.